The Labute approximate surface area is 146 Å². The number of benzene rings is 1. The van der Waals surface area contributed by atoms with Crippen LogP contribution in [0.25, 0.3) is 0 Å². The van der Waals surface area contributed by atoms with E-state index in [0.29, 0.717) is 0 Å². The number of nitrogens with one attached hydrogen (secondary N) is 1. The van der Waals surface area contributed by atoms with Crippen molar-refractivity contribution in [2.24, 2.45) is 0 Å². The number of halogens is 3. The lowest BCUT2D eigenvalue weighted by Crippen LogP contribution is -2.23. The molecule has 0 saturated carbocycles. The summed E-state index contributed by atoms with van der Waals surface area (Å²) in [5, 5.41) is 4.37. The molecule has 1 aromatic heterocycles. The summed E-state index contributed by atoms with van der Waals surface area (Å²) >= 11 is 15.1. The van der Waals surface area contributed by atoms with Gasteiger partial charge in [-0.2, -0.15) is 0 Å². The van der Waals surface area contributed by atoms with Gasteiger partial charge in [0, 0.05) is 14.4 Å². The zero-order valence-electron chi connectivity index (χ0n) is 11.3. The van der Waals surface area contributed by atoms with Crippen LogP contribution in [0.5, 0.6) is 0 Å². The highest BCUT2D eigenvalue weighted by molar-refractivity contribution is 9.11. The van der Waals surface area contributed by atoms with Gasteiger partial charge in [0.2, 0.25) is 0 Å². The molecule has 5 heteroatoms. The van der Waals surface area contributed by atoms with E-state index in [9.17, 15) is 0 Å². The lowest BCUT2D eigenvalue weighted by molar-refractivity contribution is 0.598. The molecule has 1 N–H and O–H groups in total. The zero-order valence-corrected chi connectivity index (χ0v) is 16.1. The molecule has 1 aromatic carbocycles. The van der Waals surface area contributed by atoms with E-state index in [4.69, 9.17) is 11.6 Å². The minimum atomic E-state index is 0.174. The summed E-state index contributed by atoms with van der Waals surface area (Å²) in [6, 6.07) is 8.45. The molecule has 108 valence electrons. The van der Waals surface area contributed by atoms with Crippen molar-refractivity contribution in [1.82, 2.24) is 5.32 Å². The van der Waals surface area contributed by atoms with Crippen molar-refractivity contribution in [3.8, 4) is 0 Å². The van der Waals surface area contributed by atoms with Gasteiger partial charge in [-0.05, 0) is 71.2 Å². The van der Waals surface area contributed by atoms with Gasteiger partial charge in [0.15, 0.2) is 0 Å². The van der Waals surface area contributed by atoms with Crippen molar-refractivity contribution < 1.29 is 0 Å². The molecular weight excluding hydrogens is 422 g/mol. The maximum absolute atomic E-state index is 6.20. The van der Waals surface area contributed by atoms with Crippen LogP contribution in [0.15, 0.2) is 32.5 Å². The maximum Gasteiger partial charge on any atom is 0.0704 e. The van der Waals surface area contributed by atoms with Gasteiger partial charge in [-0.3, -0.25) is 0 Å². The normalized spacial score (nSPS) is 12.7. The molecule has 0 radical (unpaired) electrons. The van der Waals surface area contributed by atoms with Crippen LogP contribution in [0.4, 0.5) is 0 Å². The molecular formula is C15H16Br2ClNS. The third kappa shape index (κ3) is 4.08. The van der Waals surface area contributed by atoms with Crippen LogP contribution in [0, 0.1) is 6.92 Å². The average Bonchev–Trinajstić information content (AvgIpc) is 2.68. The fraction of sp³-hybridized carbons (Fsp3) is 0.333. The van der Waals surface area contributed by atoms with Crippen LogP contribution in [-0.2, 0) is 0 Å². The number of thiophene rings is 1. The van der Waals surface area contributed by atoms with Gasteiger partial charge in [0.25, 0.3) is 0 Å². The molecule has 0 saturated heterocycles. The van der Waals surface area contributed by atoms with Gasteiger partial charge in [0.1, 0.15) is 0 Å². The van der Waals surface area contributed by atoms with Gasteiger partial charge < -0.3 is 5.32 Å². The Morgan fingerprint density at radius 1 is 1.25 bits per heavy atom. The molecule has 1 atom stereocenters. The van der Waals surface area contributed by atoms with E-state index in [0.717, 1.165) is 26.2 Å². The van der Waals surface area contributed by atoms with Gasteiger partial charge >= 0.3 is 0 Å². The summed E-state index contributed by atoms with van der Waals surface area (Å²) < 4.78 is 2.17. The molecule has 2 aromatic rings. The summed E-state index contributed by atoms with van der Waals surface area (Å²) in [6.45, 7) is 5.31. The Morgan fingerprint density at radius 3 is 2.55 bits per heavy atom. The predicted molar refractivity (Wildman–Crippen MR) is 96.0 cm³/mol. The molecule has 0 amide bonds. The molecule has 1 unspecified atom stereocenters. The Hall–Kier alpha value is 0.130. The molecule has 1 heterocycles. The summed E-state index contributed by atoms with van der Waals surface area (Å²) in [4.78, 5) is 1.32. The number of rotatable bonds is 5. The van der Waals surface area contributed by atoms with E-state index in [1.54, 1.807) is 11.3 Å². The number of hydrogen-bond acceptors (Lipinski definition) is 2. The molecule has 1 nitrogen and oxygen atoms in total. The van der Waals surface area contributed by atoms with E-state index in [2.05, 4.69) is 63.2 Å². The average molecular weight is 438 g/mol. The summed E-state index contributed by atoms with van der Waals surface area (Å²) in [5.41, 5.74) is 2.50. The second-order valence-electron chi connectivity index (χ2n) is 4.65. The first-order valence-corrected chi connectivity index (χ1v) is 9.24. The summed E-state index contributed by atoms with van der Waals surface area (Å²) in [6.07, 6.45) is 1.10. The second kappa shape index (κ2) is 7.41. The first-order chi connectivity index (χ1) is 9.51. The Bertz CT molecular complexity index is 577. The number of hydrogen-bond donors (Lipinski definition) is 1. The van der Waals surface area contributed by atoms with Crippen LogP contribution < -0.4 is 5.32 Å². The monoisotopic (exact) mass is 435 g/mol. The third-order valence-electron chi connectivity index (χ3n) is 3.05. The molecule has 20 heavy (non-hydrogen) atoms. The van der Waals surface area contributed by atoms with Gasteiger partial charge in [-0.15, -0.1) is 11.3 Å². The van der Waals surface area contributed by atoms with Crippen LogP contribution in [0.2, 0.25) is 5.02 Å². The highest BCUT2D eigenvalue weighted by atomic mass is 79.9. The van der Waals surface area contributed by atoms with Crippen molar-refractivity contribution in [3.05, 3.63) is 53.6 Å². The standard InChI is InChI=1S/C15H16Br2ClNS/c1-3-4-19-15(13-8-14(17)20-9(13)2)10-5-11(16)7-12(18)6-10/h5-8,15,19H,3-4H2,1-2H3. The van der Waals surface area contributed by atoms with Crippen molar-refractivity contribution in [1.29, 1.82) is 0 Å². The van der Waals surface area contributed by atoms with Crippen LogP contribution >= 0.6 is 54.8 Å². The lowest BCUT2D eigenvalue weighted by Gasteiger charge is -2.20. The van der Waals surface area contributed by atoms with Gasteiger partial charge in [0.05, 0.1) is 9.83 Å². The SMILES string of the molecule is CCCNC(c1cc(Cl)cc(Br)c1)c1cc(Br)sc1C. The van der Waals surface area contributed by atoms with Crippen molar-refractivity contribution in [2.45, 2.75) is 26.3 Å². The summed E-state index contributed by atoms with van der Waals surface area (Å²) in [7, 11) is 0. The lowest BCUT2D eigenvalue weighted by atomic mass is 9.99. The zero-order chi connectivity index (χ0) is 14.7. The van der Waals surface area contributed by atoms with Crippen molar-refractivity contribution in [3.63, 3.8) is 0 Å². The van der Waals surface area contributed by atoms with E-state index in [-0.39, 0.29) is 6.04 Å². The predicted octanol–water partition coefficient (Wildman–Crippen LogP) is 6.32. The minimum absolute atomic E-state index is 0.174. The molecule has 0 aliphatic carbocycles. The van der Waals surface area contributed by atoms with E-state index in [1.807, 2.05) is 12.1 Å². The Kier molecular flexibility index (Phi) is 6.11. The van der Waals surface area contributed by atoms with Crippen LogP contribution in [-0.4, -0.2) is 6.54 Å². The third-order valence-corrected chi connectivity index (χ3v) is 5.30. The Balaban J connectivity index is 2.43. The van der Waals surface area contributed by atoms with Crippen molar-refractivity contribution in [2.75, 3.05) is 6.54 Å². The van der Waals surface area contributed by atoms with Crippen LogP contribution in [0.3, 0.4) is 0 Å². The molecule has 0 aliphatic rings. The van der Waals surface area contributed by atoms with E-state index >= 15 is 0 Å². The quantitative estimate of drug-likeness (QED) is 0.577. The molecule has 0 aliphatic heterocycles. The first kappa shape index (κ1) is 16.5. The fourth-order valence-electron chi connectivity index (χ4n) is 2.18. The van der Waals surface area contributed by atoms with Crippen molar-refractivity contribution >= 4 is 54.8 Å². The first-order valence-electron chi connectivity index (χ1n) is 6.46. The summed E-state index contributed by atoms with van der Waals surface area (Å²) in [5.74, 6) is 0. The smallest absolute Gasteiger partial charge is 0.0704 e. The van der Waals surface area contributed by atoms with Gasteiger partial charge in [-0.1, -0.05) is 34.5 Å². The van der Waals surface area contributed by atoms with E-state index in [1.165, 1.54) is 16.0 Å². The van der Waals surface area contributed by atoms with E-state index < -0.39 is 0 Å². The second-order valence-corrected chi connectivity index (χ2v) is 8.64. The molecule has 0 spiro atoms. The number of aryl methyl sites for hydroxylation is 1. The highest BCUT2D eigenvalue weighted by Gasteiger charge is 2.18. The highest BCUT2D eigenvalue weighted by Crippen LogP contribution is 2.35. The minimum Gasteiger partial charge on any atom is -0.306 e. The van der Waals surface area contributed by atoms with Crippen LogP contribution in [0.1, 0.15) is 35.4 Å². The topological polar surface area (TPSA) is 12.0 Å². The maximum atomic E-state index is 6.20. The van der Waals surface area contributed by atoms with Gasteiger partial charge in [-0.25, -0.2) is 0 Å². The molecule has 0 bridgehead atoms. The Morgan fingerprint density at radius 2 is 2.00 bits per heavy atom. The molecule has 0 fully saturated rings. The largest absolute Gasteiger partial charge is 0.306 e. The molecule has 2 rings (SSSR count). The fourth-order valence-corrected chi connectivity index (χ4v) is 4.82.